The minimum absolute atomic E-state index is 0.111. The highest BCUT2D eigenvalue weighted by atomic mass is 79.9. The molecule has 18 heavy (non-hydrogen) atoms. The molecule has 0 heterocycles. The van der Waals surface area contributed by atoms with Gasteiger partial charge in [0.15, 0.2) is 0 Å². The maximum absolute atomic E-state index is 11.7. The molecule has 0 aliphatic heterocycles. The summed E-state index contributed by atoms with van der Waals surface area (Å²) in [4.78, 5) is 11.7. The Bertz CT molecular complexity index is 447. The average Bonchev–Trinajstić information content (AvgIpc) is 2.32. The standard InChI is InChI=1S/C13H17BrN2O2/c1-4-5-15-8-12(17)16-13-9(2)6-10(14)7-11(13)18-3/h4,6-7,15H,1,5,8H2,2-3H3,(H,16,17). The van der Waals surface area contributed by atoms with Crippen molar-refractivity contribution >= 4 is 27.5 Å². The number of anilines is 1. The van der Waals surface area contributed by atoms with Crippen LogP contribution >= 0.6 is 15.9 Å². The Morgan fingerprint density at radius 3 is 2.89 bits per heavy atom. The molecule has 0 aliphatic carbocycles. The first kappa shape index (κ1) is 14.7. The summed E-state index contributed by atoms with van der Waals surface area (Å²) in [7, 11) is 1.58. The molecule has 0 spiro atoms. The maximum Gasteiger partial charge on any atom is 0.238 e. The second kappa shape index (κ2) is 7.18. The number of methoxy groups -OCH3 is 1. The van der Waals surface area contributed by atoms with E-state index in [1.165, 1.54) is 0 Å². The van der Waals surface area contributed by atoms with Crippen molar-refractivity contribution in [3.8, 4) is 5.75 Å². The van der Waals surface area contributed by atoms with E-state index in [4.69, 9.17) is 4.74 Å². The van der Waals surface area contributed by atoms with Gasteiger partial charge >= 0.3 is 0 Å². The van der Waals surface area contributed by atoms with Crippen molar-refractivity contribution in [2.45, 2.75) is 6.92 Å². The van der Waals surface area contributed by atoms with Gasteiger partial charge in [0, 0.05) is 11.0 Å². The molecule has 5 heteroatoms. The van der Waals surface area contributed by atoms with Crippen LogP contribution in [0.1, 0.15) is 5.56 Å². The first-order chi connectivity index (χ1) is 8.58. The van der Waals surface area contributed by atoms with Gasteiger partial charge in [-0.1, -0.05) is 22.0 Å². The smallest absolute Gasteiger partial charge is 0.238 e. The third-order valence-corrected chi connectivity index (χ3v) is 2.78. The van der Waals surface area contributed by atoms with Crippen molar-refractivity contribution < 1.29 is 9.53 Å². The van der Waals surface area contributed by atoms with E-state index in [9.17, 15) is 4.79 Å². The third-order valence-electron chi connectivity index (χ3n) is 2.32. The molecule has 2 N–H and O–H groups in total. The second-order valence-corrected chi connectivity index (χ2v) is 4.68. The van der Waals surface area contributed by atoms with Crippen LogP contribution in [0.25, 0.3) is 0 Å². The summed E-state index contributed by atoms with van der Waals surface area (Å²) in [6, 6.07) is 3.75. The van der Waals surface area contributed by atoms with E-state index in [1.807, 2.05) is 19.1 Å². The van der Waals surface area contributed by atoms with Crippen LogP contribution in [-0.4, -0.2) is 26.1 Å². The van der Waals surface area contributed by atoms with Gasteiger partial charge in [-0.05, 0) is 24.6 Å². The lowest BCUT2D eigenvalue weighted by molar-refractivity contribution is -0.115. The fraction of sp³-hybridized carbons (Fsp3) is 0.308. The number of aryl methyl sites for hydroxylation is 1. The van der Waals surface area contributed by atoms with Gasteiger partial charge in [-0.15, -0.1) is 6.58 Å². The predicted molar refractivity (Wildman–Crippen MR) is 77.1 cm³/mol. The number of amides is 1. The van der Waals surface area contributed by atoms with Crippen LogP contribution in [0.15, 0.2) is 29.3 Å². The zero-order valence-corrected chi connectivity index (χ0v) is 12.1. The molecule has 1 aromatic rings. The lowest BCUT2D eigenvalue weighted by Crippen LogP contribution is -2.28. The number of carbonyl (C=O) groups excluding carboxylic acids is 1. The number of benzene rings is 1. The molecule has 98 valence electrons. The monoisotopic (exact) mass is 312 g/mol. The first-order valence-electron chi connectivity index (χ1n) is 5.54. The molecule has 0 aromatic heterocycles. The van der Waals surface area contributed by atoms with Gasteiger partial charge in [0.05, 0.1) is 19.3 Å². The highest BCUT2D eigenvalue weighted by Crippen LogP contribution is 2.31. The van der Waals surface area contributed by atoms with Crippen molar-refractivity contribution in [3.05, 3.63) is 34.8 Å². The lowest BCUT2D eigenvalue weighted by atomic mass is 10.2. The number of carbonyl (C=O) groups is 1. The normalized spacial score (nSPS) is 9.94. The van der Waals surface area contributed by atoms with Gasteiger partial charge in [-0.3, -0.25) is 4.79 Å². The zero-order chi connectivity index (χ0) is 13.5. The van der Waals surface area contributed by atoms with Crippen LogP contribution in [0.3, 0.4) is 0 Å². The fourth-order valence-corrected chi connectivity index (χ4v) is 2.06. The van der Waals surface area contributed by atoms with Gasteiger partial charge in [0.2, 0.25) is 5.91 Å². The maximum atomic E-state index is 11.7. The SMILES string of the molecule is C=CCNCC(=O)Nc1c(C)cc(Br)cc1OC. The summed E-state index contributed by atoms with van der Waals surface area (Å²) in [5.74, 6) is 0.527. The molecule has 1 rings (SSSR count). The van der Waals surface area contributed by atoms with Crippen LogP contribution in [-0.2, 0) is 4.79 Å². The summed E-state index contributed by atoms with van der Waals surface area (Å²) in [5, 5.41) is 5.78. The average molecular weight is 313 g/mol. The third kappa shape index (κ3) is 4.16. The van der Waals surface area contributed by atoms with Crippen LogP contribution in [0.4, 0.5) is 5.69 Å². The fourth-order valence-electron chi connectivity index (χ4n) is 1.50. The Morgan fingerprint density at radius 2 is 2.28 bits per heavy atom. The van der Waals surface area contributed by atoms with Crippen molar-refractivity contribution in [3.63, 3.8) is 0 Å². The largest absolute Gasteiger partial charge is 0.495 e. The van der Waals surface area contributed by atoms with Crippen LogP contribution < -0.4 is 15.4 Å². The minimum Gasteiger partial charge on any atom is -0.495 e. The van der Waals surface area contributed by atoms with E-state index in [0.29, 0.717) is 18.0 Å². The molecule has 0 saturated carbocycles. The quantitative estimate of drug-likeness (QED) is 0.627. The van der Waals surface area contributed by atoms with Crippen molar-refractivity contribution in [1.29, 1.82) is 0 Å². The van der Waals surface area contributed by atoms with Crippen molar-refractivity contribution in [2.75, 3.05) is 25.5 Å². The highest BCUT2D eigenvalue weighted by molar-refractivity contribution is 9.10. The Hall–Kier alpha value is -1.33. The topological polar surface area (TPSA) is 50.4 Å². The number of halogens is 1. The predicted octanol–water partition coefficient (Wildman–Crippen LogP) is 2.48. The Kier molecular flexibility index (Phi) is 5.88. The van der Waals surface area contributed by atoms with Crippen LogP contribution in [0, 0.1) is 6.92 Å². The second-order valence-electron chi connectivity index (χ2n) is 3.77. The summed E-state index contributed by atoms with van der Waals surface area (Å²) in [5.41, 5.74) is 1.64. The number of nitrogens with one attached hydrogen (secondary N) is 2. The molecular weight excluding hydrogens is 296 g/mol. The van der Waals surface area contributed by atoms with E-state index in [-0.39, 0.29) is 12.5 Å². The van der Waals surface area contributed by atoms with Gasteiger partial charge in [0.1, 0.15) is 5.75 Å². The van der Waals surface area contributed by atoms with E-state index in [2.05, 4.69) is 33.1 Å². The molecule has 0 unspecified atom stereocenters. The molecular formula is C13H17BrN2O2. The Balaban J connectivity index is 2.77. The summed E-state index contributed by atoms with van der Waals surface area (Å²) in [6.45, 7) is 6.33. The zero-order valence-electron chi connectivity index (χ0n) is 10.5. The minimum atomic E-state index is -0.111. The highest BCUT2D eigenvalue weighted by Gasteiger charge is 2.11. The molecule has 1 amide bonds. The summed E-state index contributed by atoms with van der Waals surface area (Å²) in [6.07, 6.45) is 1.71. The molecule has 0 atom stereocenters. The summed E-state index contributed by atoms with van der Waals surface area (Å²) < 4.78 is 6.17. The van der Waals surface area contributed by atoms with E-state index < -0.39 is 0 Å². The van der Waals surface area contributed by atoms with Gasteiger partial charge in [-0.2, -0.15) is 0 Å². The molecule has 1 aromatic carbocycles. The molecule has 0 aliphatic rings. The van der Waals surface area contributed by atoms with E-state index >= 15 is 0 Å². The van der Waals surface area contributed by atoms with E-state index in [0.717, 1.165) is 10.0 Å². The lowest BCUT2D eigenvalue weighted by Gasteiger charge is -2.13. The number of hydrogen-bond donors (Lipinski definition) is 2. The molecule has 0 saturated heterocycles. The van der Waals surface area contributed by atoms with Crippen LogP contribution in [0.2, 0.25) is 0 Å². The van der Waals surface area contributed by atoms with E-state index in [1.54, 1.807) is 13.2 Å². The van der Waals surface area contributed by atoms with Gasteiger partial charge < -0.3 is 15.4 Å². The Morgan fingerprint density at radius 1 is 1.56 bits per heavy atom. The van der Waals surface area contributed by atoms with Crippen molar-refractivity contribution in [2.24, 2.45) is 0 Å². The summed E-state index contributed by atoms with van der Waals surface area (Å²) >= 11 is 3.39. The van der Waals surface area contributed by atoms with Crippen molar-refractivity contribution in [1.82, 2.24) is 5.32 Å². The number of ether oxygens (including phenoxy) is 1. The van der Waals surface area contributed by atoms with Gasteiger partial charge in [-0.25, -0.2) is 0 Å². The molecule has 0 fully saturated rings. The molecule has 0 bridgehead atoms. The Labute approximate surface area is 116 Å². The first-order valence-corrected chi connectivity index (χ1v) is 6.33. The van der Waals surface area contributed by atoms with Gasteiger partial charge in [0.25, 0.3) is 0 Å². The number of hydrogen-bond acceptors (Lipinski definition) is 3. The number of rotatable bonds is 6. The van der Waals surface area contributed by atoms with Crippen LogP contribution in [0.5, 0.6) is 5.75 Å². The molecule has 4 nitrogen and oxygen atoms in total. The molecule has 0 radical (unpaired) electrons.